The van der Waals surface area contributed by atoms with Crippen molar-refractivity contribution in [3.05, 3.63) is 45.8 Å². The second-order valence-corrected chi connectivity index (χ2v) is 5.28. The molecule has 0 unspecified atom stereocenters. The lowest BCUT2D eigenvalue weighted by Crippen LogP contribution is -2.20. The number of nitrogens with one attached hydrogen (secondary N) is 1. The van der Waals surface area contributed by atoms with Crippen molar-refractivity contribution in [3.8, 4) is 0 Å². The molecule has 6 nitrogen and oxygen atoms in total. The molecule has 0 spiro atoms. The number of anilines is 1. The molecule has 21 heavy (non-hydrogen) atoms. The molecule has 2 rings (SSSR count). The maximum atomic E-state index is 11.7. The molecule has 1 aromatic carbocycles. The van der Waals surface area contributed by atoms with Gasteiger partial charge < -0.3 is 14.6 Å². The summed E-state index contributed by atoms with van der Waals surface area (Å²) in [7, 11) is 0. The molecule has 0 radical (unpaired) electrons. The Labute approximate surface area is 129 Å². The lowest BCUT2D eigenvalue weighted by atomic mass is 10.2. The highest BCUT2D eigenvalue weighted by Gasteiger charge is 2.15. The Morgan fingerprint density at radius 3 is 2.71 bits per heavy atom. The summed E-state index contributed by atoms with van der Waals surface area (Å²) < 4.78 is 10.5. The summed E-state index contributed by atoms with van der Waals surface area (Å²) in [6, 6.07) is 6.84. The maximum absolute atomic E-state index is 11.7. The van der Waals surface area contributed by atoms with Crippen LogP contribution >= 0.6 is 15.9 Å². The van der Waals surface area contributed by atoms with Crippen LogP contribution in [0.25, 0.3) is 0 Å². The van der Waals surface area contributed by atoms with Gasteiger partial charge in [-0.05, 0) is 31.5 Å². The Morgan fingerprint density at radius 1 is 1.33 bits per heavy atom. The number of ether oxygens (including phenoxy) is 1. The number of rotatable bonds is 4. The number of hydrogen-bond acceptors (Lipinski definition) is 5. The van der Waals surface area contributed by atoms with Gasteiger partial charge in [0.05, 0.1) is 5.69 Å². The van der Waals surface area contributed by atoms with Crippen molar-refractivity contribution in [1.82, 2.24) is 5.16 Å². The van der Waals surface area contributed by atoms with Crippen molar-refractivity contribution < 1.29 is 18.8 Å². The number of esters is 1. The SMILES string of the molecule is Cc1cc(C(=O)OCC(=O)Nc2ccc(C)c(Br)c2)on1. The average molecular weight is 353 g/mol. The van der Waals surface area contributed by atoms with Gasteiger partial charge in [-0.2, -0.15) is 0 Å². The molecule has 1 aromatic heterocycles. The highest BCUT2D eigenvalue weighted by Crippen LogP contribution is 2.20. The smallest absolute Gasteiger partial charge is 0.377 e. The van der Waals surface area contributed by atoms with Crippen LogP contribution in [0.4, 0.5) is 5.69 Å². The van der Waals surface area contributed by atoms with Crippen LogP contribution in [-0.2, 0) is 9.53 Å². The normalized spacial score (nSPS) is 10.2. The Hall–Kier alpha value is -2.15. The van der Waals surface area contributed by atoms with E-state index < -0.39 is 18.5 Å². The molecule has 2 aromatic rings. The van der Waals surface area contributed by atoms with E-state index in [1.807, 2.05) is 13.0 Å². The summed E-state index contributed by atoms with van der Waals surface area (Å²) in [5, 5.41) is 6.20. The summed E-state index contributed by atoms with van der Waals surface area (Å²) in [6.07, 6.45) is 0. The Morgan fingerprint density at radius 2 is 2.10 bits per heavy atom. The number of hydrogen-bond donors (Lipinski definition) is 1. The zero-order valence-electron chi connectivity index (χ0n) is 11.5. The van der Waals surface area contributed by atoms with Crippen LogP contribution in [0.2, 0.25) is 0 Å². The third-order valence-corrected chi connectivity index (χ3v) is 3.47. The molecule has 110 valence electrons. The highest BCUT2D eigenvalue weighted by molar-refractivity contribution is 9.10. The molecule has 7 heteroatoms. The number of aromatic nitrogens is 1. The quantitative estimate of drug-likeness (QED) is 0.855. The van der Waals surface area contributed by atoms with Crippen LogP contribution in [0.3, 0.4) is 0 Å². The van der Waals surface area contributed by atoms with Gasteiger partial charge in [0.25, 0.3) is 5.91 Å². The summed E-state index contributed by atoms with van der Waals surface area (Å²) in [5.41, 5.74) is 2.24. The van der Waals surface area contributed by atoms with E-state index in [9.17, 15) is 9.59 Å². The molecule has 0 bridgehead atoms. The Kier molecular flexibility index (Phi) is 4.74. The van der Waals surface area contributed by atoms with E-state index in [-0.39, 0.29) is 5.76 Å². The second kappa shape index (κ2) is 6.53. The first-order chi connectivity index (χ1) is 9.95. The number of nitrogens with zero attached hydrogens (tertiary/aromatic N) is 1. The third-order valence-electron chi connectivity index (χ3n) is 2.62. The van der Waals surface area contributed by atoms with E-state index in [0.717, 1.165) is 10.0 Å². The standard InChI is InChI=1S/C14H13BrN2O4/c1-8-3-4-10(6-11(8)15)16-13(18)7-20-14(19)12-5-9(2)17-21-12/h3-6H,7H2,1-2H3,(H,16,18). The first-order valence-electron chi connectivity index (χ1n) is 6.12. The lowest BCUT2D eigenvalue weighted by molar-refractivity contribution is -0.119. The van der Waals surface area contributed by atoms with Gasteiger partial charge in [0.1, 0.15) is 0 Å². The van der Waals surface area contributed by atoms with Crippen molar-refractivity contribution in [1.29, 1.82) is 0 Å². The fourth-order valence-corrected chi connectivity index (χ4v) is 1.91. The van der Waals surface area contributed by atoms with Crippen molar-refractivity contribution in [2.45, 2.75) is 13.8 Å². The van der Waals surface area contributed by atoms with E-state index in [1.54, 1.807) is 19.1 Å². The zero-order valence-corrected chi connectivity index (χ0v) is 13.1. The monoisotopic (exact) mass is 352 g/mol. The number of carbonyl (C=O) groups excluding carboxylic acids is 2. The molecule has 0 saturated heterocycles. The molecule has 1 amide bonds. The first-order valence-corrected chi connectivity index (χ1v) is 6.91. The second-order valence-electron chi connectivity index (χ2n) is 4.42. The molecule has 0 aliphatic rings. The van der Waals surface area contributed by atoms with Gasteiger partial charge in [0.2, 0.25) is 5.76 Å². The van der Waals surface area contributed by atoms with Crippen LogP contribution in [-0.4, -0.2) is 23.6 Å². The predicted molar refractivity (Wildman–Crippen MR) is 79.0 cm³/mol. The van der Waals surface area contributed by atoms with Gasteiger partial charge in [-0.15, -0.1) is 0 Å². The van der Waals surface area contributed by atoms with Gasteiger partial charge in [0.15, 0.2) is 6.61 Å². The van der Waals surface area contributed by atoms with Gasteiger partial charge in [-0.3, -0.25) is 4.79 Å². The van der Waals surface area contributed by atoms with E-state index in [2.05, 4.69) is 26.4 Å². The van der Waals surface area contributed by atoms with Crippen molar-refractivity contribution in [3.63, 3.8) is 0 Å². The van der Waals surface area contributed by atoms with Gasteiger partial charge in [-0.1, -0.05) is 27.2 Å². The van der Waals surface area contributed by atoms with Gasteiger partial charge in [-0.25, -0.2) is 4.79 Å². The molecule has 0 aliphatic heterocycles. The van der Waals surface area contributed by atoms with E-state index in [0.29, 0.717) is 11.4 Å². The molecule has 1 N–H and O–H groups in total. The number of benzene rings is 1. The average Bonchev–Trinajstić information content (AvgIpc) is 2.87. The minimum Gasteiger partial charge on any atom is -0.450 e. The molecule has 0 aliphatic carbocycles. The maximum Gasteiger partial charge on any atom is 0.377 e. The first kappa shape index (κ1) is 15.2. The van der Waals surface area contributed by atoms with Crippen LogP contribution in [0, 0.1) is 13.8 Å². The molecule has 0 atom stereocenters. The summed E-state index contributed by atoms with van der Waals surface area (Å²) in [6.45, 7) is 3.23. The highest BCUT2D eigenvalue weighted by atomic mass is 79.9. The van der Waals surface area contributed by atoms with E-state index >= 15 is 0 Å². The van der Waals surface area contributed by atoms with Crippen LogP contribution in [0.1, 0.15) is 21.8 Å². The molecular weight excluding hydrogens is 340 g/mol. The number of aryl methyl sites for hydroxylation is 2. The minimum atomic E-state index is -0.726. The Bertz CT molecular complexity index is 681. The van der Waals surface area contributed by atoms with E-state index in [1.165, 1.54) is 6.07 Å². The van der Waals surface area contributed by atoms with Crippen molar-refractivity contribution >= 4 is 33.5 Å². The molecule has 0 fully saturated rings. The number of halogens is 1. The third kappa shape index (κ3) is 4.16. The van der Waals surface area contributed by atoms with Crippen LogP contribution < -0.4 is 5.32 Å². The van der Waals surface area contributed by atoms with Crippen LogP contribution in [0.15, 0.2) is 33.3 Å². The van der Waals surface area contributed by atoms with Crippen molar-refractivity contribution in [2.75, 3.05) is 11.9 Å². The minimum absolute atomic E-state index is 0.0293. The van der Waals surface area contributed by atoms with Gasteiger partial charge >= 0.3 is 5.97 Å². The summed E-state index contributed by atoms with van der Waals surface area (Å²) in [5.74, 6) is -1.19. The number of amides is 1. The summed E-state index contributed by atoms with van der Waals surface area (Å²) >= 11 is 3.38. The Balaban J connectivity index is 1.87. The molecule has 0 saturated carbocycles. The predicted octanol–water partition coefficient (Wildman–Crippen LogP) is 2.85. The summed E-state index contributed by atoms with van der Waals surface area (Å²) in [4.78, 5) is 23.3. The topological polar surface area (TPSA) is 81.4 Å². The molecular formula is C14H13BrN2O4. The van der Waals surface area contributed by atoms with Crippen molar-refractivity contribution in [2.24, 2.45) is 0 Å². The van der Waals surface area contributed by atoms with Gasteiger partial charge in [0, 0.05) is 16.2 Å². The fraction of sp³-hybridized carbons (Fsp3) is 0.214. The number of carbonyl (C=O) groups is 2. The lowest BCUT2D eigenvalue weighted by Gasteiger charge is -2.07. The largest absolute Gasteiger partial charge is 0.450 e. The van der Waals surface area contributed by atoms with E-state index in [4.69, 9.17) is 9.26 Å². The van der Waals surface area contributed by atoms with Crippen LogP contribution in [0.5, 0.6) is 0 Å². The fourth-order valence-electron chi connectivity index (χ4n) is 1.53. The molecule has 1 heterocycles. The zero-order chi connectivity index (χ0) is 15.4.